The molecule has 3 N–H and O–H groups in total. The lowest BCUT2D eigenvalue weighted by Crippen LogP contribution is -2.27. The molecule has 6 heteroatoms. The first-order valence-corrected chi connectivity index (χ1v) is 7.18. The molecule has 0 saturated carbocycles. The summed E-state index contributed by atoms with van der Waals surface area (Å²) in [7, 11) is 0. The number of benzene rings is 1. The van der Waals surface area contributed by atoms with Gasteiger partial charge in [-0.1, -0.05) is 30.3 Å². The molecule has 0 spiro atoms. The molecule has 2 heterocycles. The highest BCUT2D eigenvalue weighted by atomic mass is 16.3. The van der Waals surface area contributed by atoms with Crippen molar-refractivity contribution >= 4 is 11.9 Å². The highest BCUT2D eigenvalue weighted by Crippen LogP contribution is 2.19. The number of aromatic nitrogens is 2. The molecule has 1 amide bonds. The Hall–Kier alpha value is -3.15. The van der Waals surface area contributed by atoms with Crippen molar-refractivity contribution in [3.05, 3.63) is 66.1 Å². The summed E-state index contributed by atoms with van der Waals surface area (Å²) in [4.78, 5) is 20.5. The molecule has 0 aliphatic carbocycles. The number of nitrogens with two attached hydrogens (primary N) is 1. The van der Waals surface area contributed by atoms with E-state index in [9.17, 15) is 4.79 Å². The van der Waals surface area contributed by atoms with Crippen molar-refractivity contribution in [1.29, 1.82) is 0 Å². The van der Waals surface area contributed by atoms with Gasteiger partial charge in [0.1, 0.15) is 11.4 Å². The number of nitrogens with zero attached hydrogens (tertiary/aromatic N) is 2. The van der Waals surface area contributed by atoms with E-state index in [1.807, 2.05) is 37.3 Å². The highest BCUT2D eigenvalue weighted by molar-refractivity contribution is 5.93. The number of hydrogen-bond acceptors (Lipinski definition) is 5. The minimum absolute atomic E-state index is 0.0245. The average molecular weight is 308 g/mol. The molecule has 0 unspecified atom stereocenters. The van der Waals surface area contributed by atoms with Crippen LogP contribution >= 0.6 is 0 Å². The third-order valence-corrected chi connectivity index (χ3v) is 3.40. The number of nitrogen functional groups attached to an aromatic ring is 1. The van der Waals surface area contributed by atoms with Gasteiger partial charge in [-0.15, -0.1) is 0 Å². The van der Waals surface area contributed by atoms with Crippen LogP contribution in [0.2, 0.25) is 0 Å². The van der Waals surface area contributed by atoms with Crippen LogP contribution in [0.4, 0.5) is 5.95 Å². The first-order chi connectivity index (χ1) is 11.1. The van der Waals surface area contributed by atoms with Crippen molar-refractivity contribution in [2.45, 2.75) is 13.0 Å². The van der Waals surface area contributed by atoms with Crippen LogP contribution in [-0.4, -0.2) is 15.9 Å². The SMILES string of the molecule is C[C@H](NC(=O)c1cc(-c2ccco2)nc(N)n1)c1ccccc1. The number of furan rings is 1. The number of amides is 1. The van der Waals surface area contributed by atoms with Crippen molar-refractivity contribution < 1.29 is 9.21 Å². The van der Waals surface area contributed by atoms with E-state index in [4.69, 9.17) is 10.2 Å². The van der Waals surface area contributed by atoms with Crippen LogP contribution in [0.1, 0.15) is 29.0 Å². The molecule has 0 saturated heterocycles. The summed E-state index contributed by atoms with van der Waals surface area (Å²) >= 11 is 0. The minimum atomic E-state index is -0.316. The second-order valence-corrected chi connectivity index (χ2v) is 5.08. The zero-order valence-corrected chi connectivity index (χ0v) is 12.6. The molecule has 0 aliphatic rings. The number of hydrogen-bond donors (Lipinski definition) is 2. The maximum Gasteiger partial charge on any atom is 0.270 e. The fourth-order valence-corrected chi connectivity index (χ4v) is 2.23. The molecular formula is C17H16N4O2. The number of carbonyl (C=O) groups excluding carboxylic acids is 1. The summed E-state index contributed by atoms with van der Waals surface area (Å²) in [5.41, 5.74) is 7.38. The number of nitrogens with one attached hydrogen (secondary N) is 1. The van der Waals surface area contributed by atoms with E-state index < -0.39 is 0 Å². The van der Waals surface area contributed by atoms with Gasteiger partial charge in [0.2, 0.25) is 5.95 Å². The second-order valence-electron chi connectivity index (χ2n) is 5.08. The largest absolute Gasteiger partial charge is 0.463 e. The summed E-state index contributed by atoms with van der Waals surface area (Å²) in [5.74, 6) is 0.240. The van der Waals surface area contributed by atoms with Crippen molar-refractivity contribution in [1.82, 2.24) is 15.3 Å². The van der Waals surface area contributed by atoms with Gasteiger partial charge < -0.3 is 15.5 Å². The molecule has 116 valence electrons. The monoisotopic (exact) mass is 308 g/mol. The normalized spacial score (nSPS) is 11.9. The van der Waals surface area contributed by atoms with E-state index >= 15 is 0 Å². The van der Waals surface area contributed by atoms with E-state index in [0.29, 0.717) is 11.5 Å². The Labute approximate surface area is 133 Å². The Balaban J connectivity index is 1.82. The van der Waals surface area contributed by atoms with Crippen molar-refractivity contribution in [2.75, 3.05) is 5.73 Å². The maximum absolute atomic E-state index is 12.4. The van der Waals surface area contributed by atoms with Crippen LogP contribution in [0.25, 0.3) is 11.5 Å². The highest BCUT2D eigenvalue weighted by Gasteiger charge is 2.15. The Morgan fingerprint density at radius 3 is 2.65 bits per heavy atom. The Bertz CT molecular complexity index is 801. The van der Waals surface area contributed by atoms with Crippen LogP contribution in [-0.2, 0) is 0 Å². The van der Waals surface area contributed by atoms with Crippen LogP contribution in [0.3, 0.4) is 0 Å². The van der Waals surface area contributed by atoms with Crippen LogP contribution < -0.4 is 11.1 Å². The maximum atomic E-state index is 12.4. The first kappa shape index (κ1) is 14.8. The van der Waals surface area contributed by atoms with Crippen LogP contribution in [0.15, 0.2) is 59.2 Å². The predicted molar refractivity (Wildman–Crippen MR) is 86.5 cm³/mol. The van der Waals surface area contributed by atoms with Crippen molar-refractivity contribution in [3.63, 3.8) is 0 Å². The quantitative estimate of drug-likeness (QED) is 0.773. The zero-order valence-electron chi connectivity index (χ0n) is 12.6. The summed E-state index contributed by atoms with van der Waals surface area (Å²) < 4.78 is 5.28. The zero-order chi connectivity index (χ0) is 16.2. The third-order valence-electron chi connectivity index (χ3n) is 3.40. The standard InChI is InChI=1S/C17H16N4O2/c1-11(12-6-3-2-4-7-12)19-16(22)14-10-13(20-17(18)21-14)15-8-5-9-23-15/h2-11H,1H3,(H,19,22)(H2,18,20,21)/t11-/m0/s1. The molecule has 1 atom stereocenters. The molecular weight excluding hydrogens is 292 g/mol. The van der Waals surface area contributed by atoms with Gasteiger partial charge >= 0.3 is 0 Å². The minimum Gasteiger partial charge on any atom is -0.463 e. The van der Waals surface area contributed by atoms with E-state index in [-0.39, 0.29) is 23.6 Å². The lowest BCUT2D eigenvalue weighted by Gasteiger charge is -2.14. The fraction of sp³-hybridized carbons (Fsp3) is 0.118. The Morgan fingerprint density at radius 2 is 1.96 bits per heavy atom. The average Bonchev–Trinajstić information content (AvgIpc) is 3.09. The molecule has 1 aromatic carbocycles. The van der Waals surface area contributed by atoms with Gasteiger partial charge in [0.25, 0.3) is 5.91 Å². The van der Waals surface area contributed by atoms with E-state index in [2.05, 4.69) is 15.3 Å². The van der Waals surface area contributed by atoms with E-state index in [0.717, 1.165) is 5.56 Å². The molecule has 6 nitrogen and oxygen atoms in total. The summed E-state index contributed by atoms with van der Waals surface area (Å²) in [6.45, 7) is 1.91. The van der Waals surface area contributed by atoms with Crippen molar-refractivity contribution in [2.24, 2.45) is 0 Å². The molecule has 0 fully saturated rings. The number of carbonyl (C=O) groups is 1. The summed E-state index contributed by atoms with van der Waals surface area (Å²) in [6.07, 6.45) is 1.53. The Morgan fingerprint density at radius 1 is 1.17 bits per heavy atom. The molecule has 2 aromatic heterocycles. The summed E-state index contributed by atoms with van der Waals surface area (Å²) in [6, 6.07) is 14.6. The van der Waals surface area contributed by atoms with Gasteiger partial charge in [-0.3, -0.25) is 4.79 Å². The van der Waals surface area contributed by atoms with Gasteiger partial charge in [-0.25, -0.2) is 9.97 Å². The predicted octanol–water partition coefficient (Wildman–Crippen LogP) is 2.81. The first-order valence-electron chi connectivity index (χ1n) is 7.18. The van der Waals surface area contributed by atoms with Gasteiger partial charge in [0.15, 0.2) is 5.76 Å². The Kier molecular flexibility index (Phi) is 4.05. The molecule has 0 radical (unpaired) electrons. The summed E-state index contributed by atoms with van der Waals surface area (Å²) in [5, 5.41) is 2.90. The molecule has 0 aliphatic heterocycles. The number of rotatable bonds is 4. The number of anilines is 1. The second kappa shape index (κ2) is 6.31. The molecule has 3 aromatic rings. The third kappa shape index (κ3) is 3.37. The van der Waals surface area contributed by atoms with Crippen LogP contribution in [0.5, 0.6) is 0 Å². The van der Waals surface area contributed by atoms with Gasteiger partial charge in [-0.2, -0.15) is 0 Å². The van der Waals surface area contributed by atoms with E-state index in [1.165, 1.54) is 6.26 Å². The lowest BCUT2D eigenvalue weighted by molar-refractivity contribution is 0.0935. The molecule has 0 bridgehead atoms. The van der Waals surface area contributed by atoms with Gasteiger partial charge in [0.05, 0.1) is 12.3 Å². The topological polar surface area (TPSA) is 94.0 Å². The van der Waals surface area contributed by atoms with Gasteiger partial charge in [-0.05, 0) is 30.7 Å². The molecule has 3 rings (SSSR count). The smallest absolute Gasteiger partial charge is 0.270 e. The molecule has 23 heavy (non-hydrogen) atoms. The van der Waals surface area contributed by atoms with E-state index in [1.54, 1.807) is 18.2 Å². The van der Waals surface area contributed by atoms with Crippen molar-refractivity contribution in [3.8, 4) is 11.5 Å². The van der Waals surface area contributed by atoms with Gasteiger partial charge in [0, 0.05) is 0 Å². The van der Waals surface area contributed by atoms with Crippen LogP contribution in [0, 0.1) is 0 Å². The lowest BCUT2D eigenvalue weighted by atomic mass is 10.1. The fourth-order valence-electron chi connectivity index (χ4n) is 2.23.